The summed E-state index contributed by atoms with van der Waals surface area (Å²) < 4.78 is 5.53. The Labute approximate surface area is 113 Å². The molecule has 19 heavy (non-hydrogen) atoms. The number of benzene rings is 1. The molecule has 1 aromatic carbocycles. The van der Waals surface area contributed by atoms with E-state index >= 15 is 0 Å². The summed E-state index contributed by atoms with van der Waals surface area (Å²) in [6.45, 7) is 5.24. The number of fused-ring (bicyclic) bond motifs is 1. The van der Waals surface area contributed by atoms with Gasteiger partial charge in [-0.2, -0.15) is 0 Å². The van der Waals surface area contributed by atoms with Gasteiger partial charge in [0.15, 0.2) is 6.10 Å². The van der Waals surface area contributed by atoms with E-state index in [9.17, 15) is 4.79 Å². The lowest BCUT2D eigenvalue weighted by Gasteiger charge is -2.26. The molecule has 1 amide bonds. The highest BCUT2D eigenvalue weighted by molar-refractivity contribution is 5.97. The van der Waals surface area contributed by atoms with Crippen molar-refractivity contribution >= 4 is 11.6 Å². The number of nitrogens with two attached hydrogens (primary N) is 1. The average Bonchev–Trinajstić information content (AvgIpc) is 2.39. The number of anilines is 1. The molecule has 1 aromatic rings. The predicted molar refractivity (Wildman–Crippen MR) is 75.1 cm³/mol. The largest absolute Gasteiger partial charge is 0.479 e. The highest BCUT2D eigenvalue weighted by atomic mass is 16.5. The minimum absolute atomic E-state index is 0.103. The molecular formula is C14H21N3O2. The lowest BCUT2D eigenvalue weighted by molar-refractivity contribution is -0.122. The summed E-state index contributed by atoms with van der Waals surface area (Å²) in [5, 5.41) is 2.86. The van der Waals surface area contributed by atoms with E-state index in [0.29, 0.717) is 12.6 Å². The van der Waals surface area contributed by atoms with Crippen molar-refractivity contribution in [3.05, 3.63) is 23.8 Å². The number of carbonyl (C=O) groups excluding carboxylic acids is 1. The van der Waals surface area contributed by atoms with Gasteiger partial charge in [0.25, 0.3) is 5.91 Å². The molecule has 1 heterocycles. The summed E-state index contributed by atoms with van der Waals surface area (Å²) in [4.78, 5) is 13.8. The summed E-state index contributed by atoms with van der Waals surface area (Å²) in [6.07, 6.45) is -0.432. The van der Waals surface area contributed by atoms with Crippen molar-refractivity contribution in [2.45, 2.75) is 32.5 Å². The number of rotatable bonds is 4. The maximum absolute atomic E-state index is 11.6. The summed E-state index contributed by atoms with van der Waals surface area (Å²) >= 11 is 0. The van der Waals surface area contributed by atoms with Crippen molar-refractivity contribution in [3.63, 3.8) is 0 Å². The van der Waals surface area contributed by atoms with Crippen molar-refractivity contribution in [2.75, 3.05) is 18.9 Å². The summed E-state index contributed by atoms with van der Waals surface area (Å²) in [5.41, 5.74) is 7.52. The number of nitrogens with zero attached hydrogens (tertiary/aromatic N) is 1. The van der Waals surface area contributed by atoms with E-state index in [4.69, 9.17) is 10.5 Å². The Morgan fingerprint density at radius 3 is 2.95 bits per heavy atom. The Morgan fingerprint density at radius 2 is 2.26 bits per heavy atom. The molecule has 5 heteroatoms. The predicted octanol–water partition coefficient (Wildman–Crippen LogP) is 1.18. The first kappa shape index (κ1) is 13.8. The normalized spacial score (nSPS) is 19.6. The third-order valence-corrected chi connectivity index (χ3v) is 3.50. The molecule has 1 aliphatic rings. The number of amides is 1. The van der Waals surface area contributed by atoms with E-state index in [-0.39, 0.29) is 5.91 Å². The van der Waals surface area contributed by atoms with E-state index in [1.54, 1.807) is 6.92 Å². The minimum atomic E-state index is -0.432. The molecule has 0 bridgehead atoms. The number of hydrogen-bond donors (Lipinski definition) is 2. The van der Waals surface area contributed by atoms with Crippen molar-refractivity contribution in [1.82, 2.24) is 4.90 Å². The average molecular weight is 263 g/mol. The van der Waals surface area contributed by atoms with Crippen LogP contribution in [0.5, 0.6) is 5.75 Å². The second-order valence-corrected chi connectivity index (χ2v) is 5.08. The van der Waals surface area contributed by atoms with Crippen LogP contribution in [0.15, 0.2) is 18.2 Å². The summed E-state index contributed by atoms with van der Waals surface area (Å²) in [5.74, 6) is 0.624. The molecule has 2 rings (SSSR count). The van der Waals surface area contributed by atoms with Crippen LogP contribution in [-0.4, -0.2) is 36.5 Å². The third-order valence-electron chi connectivity index (χ3n) is 3.50. The standard InChI is InChI=1S/C14H21N3O2/c1-9(7-15)17(3)8-11-4-5-13-12(6-11)16-14(18)10(2)19-13/h4-6,9-10H,7-8,15H2,1-3H3,(H,16,18). The summed E-state index contributed by atoms with van der Waals surface area (Å²) in [6, 6.07) is 6.20. The van der Waals surface area contributed by atoms with Crippen molar-refractivity contribution in [2.24, 2.45) is 5.73 Å². The highest BCUT2D eigenvalue weighted by Crippen LogP contribution is 2.30. The quantitative estimate of drug-likeness (QED) is 0.856. The molecule has 2 unspecified atom stereocenters. The zero-order chi connectivity index (χ0) is 14.0. The minimum Gasteiger partial charge on any atom is -0.479 e. The number of ether oxygens (including phenoxy) is 1. The van der Waals surface area contributed by atoms with Crippen molar-refractivity contribution in [3.8, 4) is 5.75 Å². The zero-order valence-electron chi connectivity index (χ0n) is 11.6. The van der Waals surface area contributed by atoms with Gasteiger partial charge in [0.1, 0.15) is 5.75 Å². The monoisotopic (exact) mass is 263 g/mol. The molecule has 3 N–H and O–H groups in total. The molecular weight excluding hydrogens is 242 g/mol. The van der Waals surface area contributed by atoms with Crippen LogP contribution in [0.2, 0.25) is 0 Å². The molecule has 0 spiro atoms. The Balaban J connectivity index is 2.13. The lowest BCUT2D eigenvalue weighted by atomic mass is 10.1. The molecule has 1 aliphatic heterocycles. The molecule has 0 fully saturated rings. The molecule has 0 saturated carbocycles. The van der Waals surface area contributed by atoms with Crippen LogP contribution < -0.4 is 15.8 Å². The van der Waals surface area contributed by atoms with Gasteiger partial charge in [-0.1, -0.05) is 6.07 Å². The van der Waals surface area contributed by atoms with Crippen LogP contribution in [0.3, 0.4) is 0 Å². The first-order valence-corrected chi connectivity index (χ1v) is 6.52. The molecule has 2 atom stereocenters. The van der Waals surface area contributed by atoms with Crippen LogP contribution in [-0.2, 0) is 11.3 Å². The van der Waals surface area contributed by atoms with Crippen LogP contribution in [0, 0.1) is 0 Å². The van der Waals surface area contributed by atoms with Crippen LogP contribution in [0.4, 0.5) is 5.69 Å². The Kier molecular flexibility index (Phi) is 4.07. The fourth-order valence-corrected chi connectivity index (χ4v) is 1.98. The van der Waals surface area contributed by atoms with Gasteiger partial charge in [0.2, 0.25) is 0 Å². The van der Waals surface area contributed by atoms with Gasteiger partial charge in [0, 0.05) is 19.1 Å². The van der Waals surface area contributed by atoms with E-state index in [1.165, 1.54) is 0 Å². The first-order valence-electron chi connectivity index (χ1n) is 6.52. The molecule has 0 aliphatic carbocycles. The van der Waals surface area contributed by atoms with Crippen LogP contribution in [0.25, 0.3) is 0 Å². The Hall–Kier alpha value is -1.59. The topological polar surface area (TPSA) is 67.6 Å². The van der Waals surface area contributed by atoms with Gasteiger partial charge in [0.05, 0.1) is 5.69 Å². The number of likely N-dealkylation sites (N-methyl/N-ethyl adjacent to an activating group) is 1. The van der Waals surface area contributed by atoms with Gasteiger partial charge >= 0.3 is 0 Å². The van der Waals surface area contributed by atoms with Gasteiger partial charge < -0.3 is 15.8 Å². The third kappa shape index (κ3) is 3.05. The molecule has 0 aromatic heterocycles. The second-order valence-electron chi connectivity index (χ2n) is 5.08. The molecule has 104 valence electrons. The van der Waals surface area contributed by atoms with E-state index < -0.39 is 6.10 Å². The SMILES string of the molecule is CC1Oc2ccc(CN(C)C(C)CN)cc2NC1=O. The Bertz CT molecular complexity index is 476. The first-order chi connectivity index (χ1) is 9.01. The van der Waals surface area contributed by atoms with E-state index in [0.717, 1.165) is 23.5 Å². The maximum Gasteiger partial charge on any atom is 0.265 e. The molecule has 0 radical (unpaired) electrons. The van der Waals surface area contributed by atoms with Gasteiger partial charge in [-0.25, -0.2) is 0 Å². The number of hydrogen-bond acceptors (Lipinski definition) is 4. The lowest BCUT2D eigenvalue weighted by Crippen LogP contribution is -2.35. The second kappa shape index (κ2) is 5.59. The maximum atomic E-state index is 11.6. The Morgan fingerprint density at radius 1 is 1.53 bits per heavy atom. The van der Waals surface area contributed by atoms with Gasteiger partial charge in [-0.3, -0.25) is 9.69 Å². The van der Waals surface area contributed by atoms with E-state index in [2.05, 4.69) is 17.1 Å². The van der Waals surface area contributed by atoms with Crippen molar-refractivity contribution < 1.29 is 9.53 Å². The number of nitrogens with one attached hydrogen (secondary N) is 1. The fourth-order valence-electron chi connectivity index (χ4n) is 1.98. The van der Waals surface area contributed by atoms with Crippen LogP contribution >= 0.6 is 0 Å². The summed E-state index contributed by atoms with van der Waals surface area (Å²) in [7, 11) is 2.04. The highest BCUT2D eigenvalue weighted by Gasteiger charge is 2.23. The van der Waals surface area contributed by atoms with Gasteiger partial charge in [-0.15, -0.1) is 0 Å². The zero-order valence-corrected chi connectivity index (χ0v) is 11.6. The van der Waals surface area contributed by atoms with Crippen molar-refractivity contribution in [1.29, 1.82) is 0 Å². The van der Waals surface area contributed by atoms with E-state index in [1.807, 2.05) is 25.2 Å². The number of carbonyl (C=O) groups is 1. The van der Waals surface area contributed by atoms with Gasteiger partial charge in [-0.05, 0) is 38.6 Å². The molecule has 5 nitrogen and oxygen atoms in total. The fraction of sp³-hybridized carbons (Fsp3) is 0.500. The smallest absolute Gasteiger partial charge is 0.265 e. The molecule has 0 saturated heterocycles. The van der Waals surface area contributed by atoms with Crippen LogP contribution in [0.1, 0.15) is 19.4 Å².